The van der Waals surface area contributed by atoms with Crippen LogP contribution in [0.4, 0.5) is 0 Å². The molecule has 1 aromatic carbocycles. The van der Waals surface area contributed by atoms with Crippen LogP contribution in [0.2, 0.25) is 0 Å². The molecule has 0 saturated carbocycles. The number of hydrogen-bond acceptors (Lipinski definition) is 5. The summed E-state index contributed by atoms with van der Waals surface area (Å²) >= 11 is 1.22. The highest BCUT2D eigenvalue weighted by atomic mass is 32.2. The second kappa shape index (κ2) is 7.81. The van der Waals surface area contributed by atoms with Crippen molar-refractivity contribution in [2.75, 3.05) is 19.0 Å². The Morgan fingerprint density at radius 2 is 2.04 bits per heavy atom. The van der Waals surface area contributed by atoms with Gasteiger partial charge in [0.2, 0.25) is 0 Å². The van der Waals surface area contributed by atoms with Gasteiger partial charge in [-0.05, 0) is 25.3 Å². The lowest BCUT2D eigenvalue weighted by atomic mass is 9.98. The second-order valence-corrected chi connectivity index (χ2v) is 6.81. The molecular weight excluding hydrogens is 326 g/mol. The molecule has 0 unspecified atom stereocenters. The lowest BCUT2D eigenvalue weighted by Gasteiger charge is -2.25. The summed E-state index contributed by atoms with van der Waals surface area (Å²) < 4.78 is 7.55. The quantitative estimate of drug-likeness (QED) is 0.810. The fourth-order valence-electron chi connectivity index (χ4n) is 2.99. The SMILES string of the molecule is C[C@H](c1ccccc1)n1c(SCC(=O)O)nnc1C1CCOCC1. The lowest BCUT2D eigenvalue weighted by molar-refractivity contribution is -0.133. The molecule has 0 amide bonds. The number of carboxylic acids is 1. The minimum atomic E-state index is -0.852. The summed E-state index contributed by atoms with van der Waals surface area (Å²) in [5.74, 6) is 0.363. The Balaban J connectivity index is 1.95. The highest BCUT2D eigenvalue weighted by molar-refractivity contribution is 7.99. The molecule has 3 rings (SSSR count). The predicted molar refractivity (Wildman–Crippen MR) is 91.4 cm³/mol. The molecule has 6 nitrogen and oxygen atoms in total. The van der Waals surface area contributed by atoms with Crippen molar-refractivity contribution >= 4 is 17.7 Å². The maximum absolute atomic E-state index is 10.9. The summed E-state index contributed by atoms with van der Waals surface area (Å²) in [5.41, 5.74) is 1.16. The third kappa shape index (κ3) is 3.79. The van der Waals surface area contributed by atoms with E-state index in [1.165, 1.54) is 11.8 Å². The first kappa shape index (κ1) is 17.0. The molecule has 1 N–H and O–H groups in total. The van der Waals surface area contributed by atoms with Crippen molar-refractivity contribution in [2.24, 2.45) is 0 Å². The van der Waals surface area contributed by atoms with Gasteiger partial charge in [-0.15, -0.1) is 10.2 Å². The second-order valence-electron chi connectivity index (χ2n) is 5.87. The van der Waals surface area contributed by atoms with Crippen LogP contribution in [0.15, 0.2) is 35.5 Å². The van der Waals surface area contributed by atoms with Crippen LogP contribution in [-0.2, 0) is 9.53 Å². The Morgan fingerprint density at radius 3 is 2.71 bits per heavy atom. The molecule has 2 heterocycles. The van der Waals surface area contributed by atoms with Crippen molar-refractivity contribution in [1.29, 1.82) is 0 Å². The molecule has 24 heavy (non-hydrogen) atoms. The number of benzene rings is 1. The van der Waals surface area contributed by atoms with Gasteiger partial charge in [-0.2, -0.15) is 0 Å². The highest BCUT2D eigenvalue weighted by Gasteiger charge is 2.27. The molecule has 1 aliphatic heterocycles. The number of carbonyl (C=O) groups is 1. The van der Waals surface area contributed by atoms with E-state index < -0.39 is 5.97 Å². The van der Waals surface area contributed by atoms with E-state index in [1.807, 2.05) is 18.2 Å². The molecule has 1 aliphatic rings. The van der Waals surface area contributed by atoms with E-state index in [-0.39, 0.29) is 11.8 Å². The molecule has 0 aliphatic carbocycles. The summed E-state index contributed by atoms with van der Waals surface area (Å²) in [7, 11) is 0. The van der Waals surface area contributed by atoms with E-state index in [1.54, 1.807) is 0 Å². The lowest BCUT2D eigenvalue weighted by Crippen LogP contribution is -2.20. The van der Waals surface area contributed by atoms with Crippen molar-refractivity contribution in [3.05, 3.63) is 41.7 Å². The normalized spacial score (nSPS) is 16.9. The van der Waals surface area contributed by atoms with E-state index in [4.69, 9.17) is 9.84 Å². The maximum atomic E-state index is 10.9. The van der Waals surface area contributed by atoms with E-state index in [0.29, 0.717) is 11.1 Å². The third-order valence-electron chi connectivity index (χ3n) is 4.27. The maximum Gasteiger partial charge on any atom is 0.313 e. The van der Waals surface area contributed by atoms with Gasteiger partial charge in [0, 0.05) is 19.1 Å². The summed E-state index contributed by atoms with van der Waals surface area (Å²) in [4.78, 5) is 10.9. The number of ether oxygens (including phenoxy) is 1. The van der Waals surface area contributed by atoms with E-state index >= 15 is 0 Å². The third-order valence-corrected chi connectivity index (χ3v) is 5.20. The van der Waals surface area contributed by atoms with Crippen LogP contribution < -0.4 is 0 Å². The van der Waals surface area contributed by atoms with Gasteiger partial charge in [0.05, 0.1) is 11.8 Å². The molecule has 0 bridgehead atoms. The van der Waals surface area contributed by atoms with E-state index in [9.17, 15) is 4.79 Å². The average Bonchev–Trinajstić information content (AvgIpc) is 3.04. The Morgan fingerprint density at radius 1 is 1.33 bits per heavy atom. The van der Waals surface area contributed by atoms with E-state index in [0.717, 1.165) is 37.4 Å². The van der Waals surface area contributed by atoms with Crippen molar-refractivity contribution in [3.8, 4) is 0 Å². The number of rotatable bonds is 6. The number of carboxylic acid groups (broad SMARTS) is 1. The Hall–Kier alpha value is -1.86. The topological polar surface area (TPSA) is 77.2 Å². The van der Waals surface area contributed by atoms with Crippen molar-refractivity contribution in [2.45, 2.75) is 36.9 Å². The highest BCUT2D eigenvalue weighted by Crippen LogP contribution is 2.33. The number of aromatic nitrogens is 3. The summed E-state index contributed by atoms with van der Waals surface area (Å²) in [6.07, 6.45) is 1.84. The number of thioether (sulfide) groups is 1. The van der Waals surface area contributed by atoms with Gasteiger partial charge >= 0.3 is 5.97 Å². The average molecular weight is 347 g/mol. The Labute approximate surface area is 145 Å². The fourth-order valence-corrected chi connectivity index (χ4v) is 3.73. The van der Waals surface area contributed by atoms with Gasteiger partial charge in [-0.3, -0.25) is 9.36 Å². The fraction of sp³-hybridized carbons (Fsp3) is 0.471. The van der Waals surface area contributed by atoms with Crippen molar-refractivity contribution in [3.63, 3.8) is 0 Å². The Kier molecular flexibility index (Phi) is 5.52. The molecule has 7 heteroatoms. The zero-order valence-electron chi connectivity index (χ0n) is 13.6. The van der Waals surface area contributed by atoms with Gasteiger partial charge in [0.1, 0.15) is 5.82 Å². The molecule has 0 radical (unpaired) electrons. The van der Waals surface area contributed by atoms with Crippen LogP contribution >= 0.6 is 11.8 Å². The van der Waals surface area contributed by atoms with Gasteiger partial charge in [0.15, 0.2) is 5.16 Å². The first-order valence-corrected chi connectivity index (χ1v) is 9.07. The molecule has 0 spiro atoms. The first-order chi connectivity index (χ1) is 11.7. The summed E-state index contributed by atoms with van der Waals surface area (Å²) in [5, 5.41) is 18.3. The standard InChI is InChI=1S/C17H21N3O3S/c1-12(13-5-3-2-4-6-13)20-16(14-7-9-23-10-8-14)18-19-17(20)24-11-15(21)22/h2-6,12,14H,7-11H2,1H3,(H,21,22)/t12-/m1/s1. The van der Waals surface area contributed by atoms with Crippen LogP contribution in [0.25, 0.3) is 0 Å². The Bertz CT molecular complexity index is 684. The molecule has 128 valence electrons. The summed E-state index contributed by atoms with van der Waals surface area (Å²) in [6, 6.07) is 10.2. The van der Waals surface area contributed by atoms with Crippen LogP contribution in [0.1, 0.15) is 43.1 Å². The van der Waals surface area contributed by atoms with Gasteiger partial charge in [0.25, 0.3) is 0 Å². The van der Waals surface area contributed by atoms with Crippen LogP contribution in [0.3, 0.4) is 0 Å². The van der Waals surface area contributed by atoms with Crippen LogP contribution in [-0.4, -0.2) is 44.8 Å². The van der Waals surface area contributed by atoms with Gasteiger partial charge < -0.3 is 9.84 Å². The minimum Gasteiger partial charge on any atom is -0.481 e. The molecule has 1 aromatic heterocycles. The number of aliphatic carboxylic acids is 1. The molecule has 2 aromatic rings. The molecule has 1 atom stereocenters. The van der Waals surface area contributed by atoms with Crippen LogP contribution in [0.5, 0.6) is 0 Å². The predicted octanol–water partition coefficient (Wildman–Crippen LogP) is 2.96. The molecule has 1 saturated heterocycles. The van der Waals surface area contributed by atoms with E-state index in [2.05, 4.69) is 33.8 Å². The summed E-state index contributed by atoms with van der Waals surface area (Å²) in [6.45, 7) is 3.57. The molecular formula is C17H21N3O3S. The number of nitrogens with zero attached hydrogens (tertiary/aromatic N) is 3. The minimum absolute atomic E-state index is 0.0204. The van der Waals surface area contributed by atoms with Crippen molar-refractivity contribution in [1.82, 2.24) is 14.8 Å². The largest absolute Gasteiger partial charge is 0.481 e. The first-order valence-electron chi connectivity index (χ1n) is 8.09. The van der Waals surface area contributed by atoms with Gasteiger partial charge in [-0.1, -0.05) is 42.1 Å². The van der Waals surface area contributed by atoms with Crippen molar-refractivity contribution < 1.29 is 14.6 Å². The zero-order chi connectivity index (χ0) is 16.9. The smallest absolute Gasteiger partial charge is 0.313 e. The zero-order valence-corrected chi connectivity index (χ0v) is 14.4. The monoisotopic (exact) mass is 347 g/mol. The number of hydrogen-bond donors (Lipinski definition) is 1. The molecule has 1 fully saturated rings. The van der Waals surface area contributed by atoms with Crippen LogP contribution in [0, 0.1) is 0 Å². The van der Waals surface area contributed by atoms with Gasteiger partial charge in [-0.25, -0.2) is 0 Å².